The Morgan fingerprint density at radius 2 is 1.94 bits per heavy atom. The largest absolute Gasteiger partial charge is 0.342 e. The van der Waals surface area contributed by atoms with E-state index in [0.29, 0.717) is 6.42 Å². The molecule has 1 saturated heterocycles. The number of nitrogens with one attached hydrogen (secondary N) is 1. The molecule has 1 amide bonds. The number of unbranched alkanes of at least 4 members (excludes halogenated alkanes) is 1. The Morgan fingerprint density at radius 1 is 1.31 bits per heavy atom. The molecule has 0 aromatic heterocycles. The number of carbonyl (C=O) groups excluding carboxylic acids is 1. The van der Waals surface area contributed by atoms with E-state index in [0.717, 1.165) is 32.4 Å². The first-order valence-corrected chi connectivity index (χ1v) is 7.45. The minimum absolute atomic E-state index is 0.0912. The second-order valence-electron chi connectivity index (χ2n) is 4.08. The molecule has 5 nitrogen and oxygen atoms in total. The van der Waals surface area contributed by atoms with Gasteiger partial charge in [0.15, 0.2) is 0 Å². The molecule has 1 rings (SSSR count). The maximum Gasteiger partial charge on any atom is 0.237 e. The number of nitrogens with zero attached hydrogens (tertiary/aromatic N) is 1. The smallest absolute Gasteiger partial charge is 0.237 e. The zero-order valence-electron chi connectivity index (χ0n) is 9.74. The van der Waals surface area contributed by atoms with Crippen molar-refractivity contribution in [3.63, 3.8) is 0 Å². The molecule has 0 aromatic carbocycles. The summed E-state index contributed by atoms with van der Waals surface area (Å²) in [5.74, 6) is -0.00544. The molecular weight excluding hydrogens is 228 g/mol. The first-order valence-electron chi connectivity index (χ1n) is 5.80. The van der Waals surface area contributed by atoms with Gasteiger partial charge >= 0.3 is 0 Å². The van der Waals surface area contributed by atoms with Gasteiger partial charge < -0.3 is 4.90 Å². The molecule has 0 spiro atoms. The minimum Gasteiger partial charge on any atom is -0.342 e. The first kappa shape index (κ1) is 13.4. The van der Waals surface area contributed by atoms with Crippen molar-refractivity contribution in [1.29, 1.82) is 0 Å². The zero-order chi connectivity index (χ0) is 12.0. The summed E-state index contributed by atoms with van der Waals surface area (Å²) in [6, 6.07) is 0. The highest BCUT2D eigenvalue weighted by Crippen LogP contribution is 2.06. The molecule has 16 heavy (non-hydrogen) atoms. The fourth-order valence-corrected chi connectivity index (χ4v) is 2.81. The molecule has 6 heteroatoms. The van der Waals surface area contributed by atoms with Gasteiger partial charge in [-0.25, -0.2) is 13.1 Å². The van der Waals surface area contributed by atoms with Crippen LogP contribution in [-0.2, 0) is 14.8 Å². The Bertz CT molecular complexity index is 321. The summed E-state index contributed by atoms with van der Waals surface area (Å²) in [7, 11) is -3.27. The number of hydrogen-bond donors (Lipinski definition) is 1. The summed E-state index contributed by atoms with van der Waals surface area (Å²) in [5.41, 5.74) is 0. The van der Waals surface area contributed by atoms with Gasteiger partial charge in [-0.3, -0.25) is 4.79 Å². The third-order valence-corrected chi connectivity index (χ3v) is 4.08. The van der Waals surface area contributed by atoms with E-state index in [4.69, 9.17) is 0 Å². The van der Waals surface area contributed by atoms with Crippen molar-refractivity contribution >= 4 is 15.9 Å². The van der Waals surface area contributed by atoms with Crippen molar-refractivity contribution in [1.82, 2.24) is 9.62 Å². The monoisotopic (exact) mass is 248 g/mol. The van der Waals surface area contributed by atoms with Crippen LogP contribution in [0.15, 0.2) is 0 Å². The summed E-state index contributed by atoms with van der Waals surface area (Å²) < 4.78 is 25.2. The van der Waals surface area contributed by atoms with Gasteiger partial charge in [-0.05, 0) is 19.3 Å². The van der Waals surface area contributed by atoms with Crippen LogP contribution in [0.25, 0.3) is 0 Å². The predicted octanol–water partition coefficient (Wildman–Crippen LogP) is 0.328. The van der Waals surface area contributed by atoms with Gasteiger partial charge in [0.25, 0.3) is 0 Å². The normalized spacial score (nSPS) is 16.7. The fraction of sp³-hybridized carbons (Fsp3) is 0.900. The first-order chi connectivity index (χ1) is 7.55. The van der Waals surface area contributed by atoms with Gasteiger partial charge in [-0.15, -0.1) is 0 Å². The fourth-order valence-electron chi connectivity index (χ4n) is 1.66. The van der Waals surface area contributed by atoms with Gasteiger partial charge in [0, 0.05) is 13.1 Å². The lowest BCUT2D eigenvalue weighted by Gasteiger charge is -2.15. The van der Waals surface area contributed by atoms with Crippen molar-refractivity contribution in [2.75, 3.05) is 25.4 Å². The summed E-state index contributed by atoms with van der Waals surface area (Å²) >= 11 is 0. The van der Waals surface area contributed by atoms with E-state index in [9.17, 15) is 13.2 Å². The summed E-state index contributed by atoms with van der Waals surface area (Å²) in [6.45, 7) is 3.36. The molecular formula is C10H20N2O3S. The molecule has 0 aliphatic carbocycles. The van der Waals surface area contributed by atoms with Crippen molar-refractivity contribution in [2.45, 2.75) is 32.6 Å². The van der Waals surface area contributed by atoms with E-state index in [1.54, 1.807) is 4.90 Å². The molecule has 1 aliphatic rings. The SMILES string of the molecule is CCCCS(=O)(=O)NCC(=O)N1CCCC1. The zero-order valence-corrected chi connectivity index (χ0v) is 10.6. The average molecular weight is 248 g/mol. The van der Waals surface area contributed by atoms with Crippen molar-refractivity contribution in [3.05, 3.63) is 0 Å². The molecule has 1 heterocycles. The maximum atomic E-state index is 11.6. The van der Waals surface area contributed by atoms with Crippen LogP contribution in [0.1, 0.15) is 32.6 Å². The van der Waals surface area contributed by atoms with Gasteiger partial charge in [-0.2, -0.15) is 0 Å². The van der Waals surface area contributed by atoms with Crippen LogP contribution in [0.3, 0.4) is 0 Å². The van der Waals surface area contributed by atoms with Crippen LogP contribution in [-0.4, -0.2) is 44.6 Å². The van der Waals surface area contributed by atoms with E-state index in [1.165, 1.54) is 0 Å². The van der Waals surface area contributed by atoms with E-state index in [-0.39, 0.29) is 18.2 Å². The van der Waals surface area contributed by atoms with Gasteiger partial charge in [-0.1, -0.05) is 13.3 Å². The quantitative estimate of drug-likeness (QED) is 0.736. The van der Waals surface area contributed by atoms with E-state index < -0.39 is 10.0 Å². The van der Waals surface area contributed by atoms with E-state index in [1.807, 2.05) is 6.92 Å². The molecule has 94 valence electrons. The van der Waals surface area contributed by atoms with E-state index >= 15 is 0 Å². The Hall–Kier alpha value is -0.620. The van der Waals surface area contributed by atoms with Crippen molar-refractivity contribution < 1.29 is 13.2 Å². The Morgan fingerprint density at radius 3 is 2.50 bits per heavy atom. The second-order valence-corrected chi connectivity index (χ2v) is 6.01. The second kappa shape index (κ2) is 6.20. The Kier molecular flexibility index (Phi) is 5.21. The summed E-state index contributed by atoms with van der Waals surface area (Å²) in [5, 5.41) is 0. The van der Waals surface area contributed by atoms with Gasteiger partial charge in [0.05, 0.1) is 12.3 Å². The highest BCUT2D eigenvalue weighted by Gasteiger charge is 2.19. The van der Waals surface area contributed by atoms with Crippen LogP contribution in [0.2, 0.25) is 0 Å². The highest BCUT2D eigenvalue weighted by atomic mass is 32.2. The number of rotatable bonds is 6. The number of likely N-dealkylation sites (tertiary alicyclic amines) is 1. The van der Waals surface area contributed by atoms with Crippen LogP contribution >= 0.6 is 0 Å². The number of hydrogen-bond acceptors (Lipinski definition) is 3. The lowest BCUT2D eigenvalue weighted by molar-refractivity contribution is -0.128. The molecule has 0 radical (unpaired) electrons. The summed E-state index contributed by atoms with van der Waals surface area (Å²) in [4.78, 5) is 13.3. The summed E-state index contributed by atoms with van der Waals surface area (Å²) in [6.07, 6.45) is 3.51. The van der Waals surface area contributed by atoms with Crippen LogP contribution in [0.5, 0.6) is 0 Å². The molecule has 1 aliphatic heterocycles. The van der Waals surface area contributed by atoms with Crippen molar-refractivity contribution in [2.24, 2.45) is 0 Å². The Labute approximate surface area is 97.2 Å². The molecule has 0 unspecified atom stereocenters. The third kappa shape index (κ3) is 4.49. The molecule has 1 fully saturated rings. The minimum atomic E-state index is -3.27. The van der Waals surface area contributed by atoms with Crippen LogP contribution in [0, 0.1) is 0 Å². The molecule has 0 bridgehead atoms. The lowest BCUT2D eigenvalue weighted by atomic mass is 10.4. The number of sulfonamides is 1. The molecule has 0 saturated carbocycles. The molecule has 0 aromatic rings. The van der Waals surface area contributed by atoms with E-state index in [2.05, 4.69) is 4.72 Å². The Balaban J connectivity index is 2.30. The topological polar surface area (TPSA) is 66.5 Å². The number of amides is 1. The van der Waals surface area contributed by atoms with Crippen LogP contribution < -0.4 is 4.72 Å². The predicted molar refractivity (Wildman–Crippen MR) is 62.5 cm³/mol. The van der Waals surface area contributed by atoms with Gasteiger partial charge in [0.1, 0.15) is 0 Å². The average Bonchev–Trinajstić information content (AvgIpc) is 2.77. The number of carbonyl (C=O) groups is 1. The maximum absolute atomic E-state index is 11.6. The van der Waals surface area contributed by atoms with Gasteiger partial charge in [0.2, 0.25) is 15.9 Å². The standard InChI is InChI=1S/C10H20N2O3S/c1-2-3-8-16(14,15)11-9-10(13)12-6-4-5-7-12/h11H,2-9H2,1H3. The highest BCUT2D eigenvalue weighted by molar-refractivity contribution is 7.89. The van der Waals surface area contributed by atoms with Crippen molar-refractivity contribution in [3.8, 4) is 0 Å². The lowest BCUT2D eigenvalue weighted by Crippen LogP contribution is -2.39. The third-order valence-electron chi connectivity index (χ3n) is 2.67. The molecule has 1 N–H and O–H groups in total. The van der Waals surface area contributed by atoms with Crippen LogP contribution in [0.4, 0.5) is 0 Å². The molecule has 0 atom stereocenters.